The molecule has 0 aliphatic heterocycles. The molecule has 2 fully saturated rings. The molecular formula is C34H36Cl6O8. The van der Waals surface area contributed by atoms with E-state index in [1.54, 1.807) is 0 Å². The first kappa shape index (κ1) is 38.9. The van der Waals surface area contributed by atoms with Crippen molar-refractivity contribution in [3.8, 4) is 11.5 Å². The van der Waals surface area contributed by atoms with Crippen LogP contribution in [0.1, 0.15) is 99.8 Å². The molecule has 2 saturated carbocycles. The Morgan fingerprint density at radius 1 is 0.625 bits per heavy atom. The van der Waals surface area contributed by atoms with Gasteiger partial charge in [0.05, 0.1) is 43.3 Å². The number of halogens is 6. The maximum absolute atomic E-state index is 13.1. The van der Waals surface area contributed by atoms with Crippen LogP contribution < -0.4 is 9.47 Å². The lowest BCUT2D eigenvalue weighted by Crippen LogP contribution is -2.27. The van der Waals surface area contributed by atoms with Crippen molar-refractivity contribution in [2.24, 2.45) is 22.7 Å². The van der Waals surface area contributed by atoms with Crippen molar-refractivity contribution in [1.29, 1.82) is 0 Å². The first-order valence-corrected chi connectivity index (χ1v) is 17.8. The zero-order chi connectivity index (χ0) is 35.6. The van der Waals surface area contributed by atoms with Crippen molar-refractivity contribution >= 4 is 93.5 Å². The summed E-state index contributed by atoms with van der Waals surface area (Å²) in [5.74, 6) is -5.58. The third-order valence-electron chi connectivity index (χ3n) is 8.88. The van der Waals surface area contributed by atoms with Crippen LogP contribution in [0.15, 0.2) is 12.1 Å². The standard InChI is InChI=1S/C34H36Cl6O8/c1-33(2)9-5-17(15-33)7-11-45-29(41)23-25(39)19(35)13-21(37)27(23)47-31(43)32(44)48-28-22(38)14-20(36)26(40)24(28)30(42)46-12-8-18-6-10-34(3,4)16-18/h13-14,17-18H,5-12,15-16H2,1-4H3. The van der Waals surface area contributed by atoms with Gasteiger partial charge in [0.2, 0.25) is 0 Å². The molecule has 2 atom stereocenters. The molecule has 262 valence electrons. The summed E-state index contributed by atoms with van der Waals surface area (Å²) in [6, 6.07) is 2.26. The fourth-order valence-electron chi connectivity index (χ4n) is 6.42. The molecule has 0 spiro atoms. The molecular weight excluding hydrogens is 749 g/mol. The predicted molar refractivity (Wildman–Crippen MR) is 186 cm³/mol. The molecule has 2 aromatic carbocycles. The van der Waals surface area contributed by atoms with Crippen LogP contribution in [-0.4, -0.2) is 37.1 Å². The third-order valence-corrected chi connectivity index (χ3v) is 11.0. The fourth-order valence-corrected chi connectivity index (χ4v) is 7.86. The lowest BCUT2D eigenvalue weighted by Gasteiger charge is -2.18. The number of hydrogen-bond acceptors (Lipinski definition) is 8. The Balaban J connectivity index is 1.47. The Hall–Kier alpha value is -1.94. The summed E-state index contributed by atoms with van der Waals surface area (Å²) >= 11 is 37.5. The average molecular weight is 785 g/mol. The molecule has 4 rings (SSSR count). The summed E-state index contributed by atoms with van der Waals surface area (Å²) in [6.45, 7) is 8.92. The minimum Gasteiger partial charge on any atom is -0.462 e. The van der Waals surface area contributed by atoms with Crippen LogP contribution in [0.4, 0.5) is 0 Å². The Morgan fingerprint density at radius 2 is 0.979 bits per heavy atom. The topological polar surface area (TPSA) is 105 Å². The van der Waals surface area contributed by atoms with Gasteiger partial charge in [-0.05, 0) is 86.2 Å². The molecule has 48 heavy (non-hydrogen) atoms. The third kappa shape index (κ3) is 9.64. The molecule has 0 bridgehead atoms. The Kier molecular flexibility index (Phi) is 12.9. The minimum atomic E-state index is -1.64. The highest BCUT2D eigenvalue weighted by Gasteiger charge is 2.34. The van der Waals surface area contributed by atoms with E-state index in [1.165, 1.54) is 0 Å². The summed E-state index contributed by atoms with van der Waals surface area (Å²) < 4.78 is 21.3. The second kappa shape index (κ2) is 15.9. The van der Waals surface area contributed by atoms with Crippen LogP contribution >= 0.6 is 69.6 Å². The van der Waals surface area contributed by atoms with Gasteiger partial charge in [-0.25, -0.2) is 19.2 Å². The zero-order valence-electron chi connectivity index (χ0n) is 26.9. The maximum atomic E-state index is 13.1. The highest BCUT2D eigenvalue weighted by molar-refractivity contribution is 6.47. The van der Waals surface area contributed by atoms with E-state index >= 15 is 0 Å². The number of ether oxygens (including phenoxy) is 4. The number of esters is 4. The number of benzene rings is 2. The van der Waals surface area contributed by atoms with Gasteiger partial charge in [0.1, 0.15) is 11.1 Å². The van der Waals surface area contributed by atoms with Gasteiger partial charge in [-0.1, -0.05) is 97.3 Å². The van der Waals surface area contributed by atoms with Crippen LogP contribution in [0.5, 0.6) is 11.5 Å². The van der Waals surface area contributed by atoms with E-state index in [4.69, 9.17) is 88.6 Å². The number of hydrogen-bond donors (Lipinski definition) is 0. The van der Waals surface area contributed by atoms with Crippen LogP contribution in [0.3, 0.4) is 0 Å². The van der Waals surface area contributed by atoms with E-state index in [0.717, 1.165) is 50.7 Å². The Morgan fingerprint density at radius 3 is 1.29 bits per heavy atom. The van der Waals surface area contributed by atoms with E-state index in [9.17, 15) is 19.2 Å². The molecule has 0 N–H and O–H groups in total. The van der Waals surface area contributed by atoms with Gasteiger partial charge < -0.3 is 18.9 Å². The van der Waals surface area contributed by atoms with Gasteiger partial charge in [0.25, 0.3) is 0 Å². The van der Waals surface area contributed by atoms with Gasteiger partial charge in [-0.3, -0.25) is 0 Å². The van der Waals surface area contributed by atoms with E-state index in [2.05, 4.69) is 27.7 Å². The van der Waals surface area contributed by atoms with E-state index in [1.807, 2.05) is 0 Å². The van der Waals surface area contributed by atoms with Crippen LogP contribution in [0.25, 0.3) is 0 Å². The Labute approximate surface area is 309 Å². The first-order chi connectivity index (χ1) is 22.4. The molecule has 0 radical (unpaired) electrons. The van der Waals surface area contributed by atoms with E-state index in [0.29, 0.717) is 24.7 Å². The van der Waals surface area contributed by atoms with Crippen LogP contribution in [0, 0.1) is 22.7 Å². The number of carbonyl (C=O) groups excluding carboxylic acids is 4. The van der Waals surface area contributed by atoms with Gasteiger partial charge in [-0.2, -0.15) is 0 Å². The lowest BCUT2D eigenvalue weighted by molar-refractivity contribution is -0.156. The second-order valence-electron chi connectivity index (χ2n) is 13.9. The van der Waals surface area contributed by atoms with E-state index < -0.39 is 46.5 Å². The summed E-state index contributed by atoms with van der Waals surface area (Å²) in [7, 11) is 0. The zero-order valence-corrected chi connectivity index (χ0v) is 31.4. The van der Waals surface area contributed by atoms with Gasteiger partial charge in [0.15, 0.2) is 11.5 Å². The quantitative estimate of drug-likeness (QED) is 0.101. The SMILES string of the molecule is CC1(C)CCC(CCOC(=O)c2c(Cl)c(Cl)cc(Cl)c2OC(=O)C(=O)Oc2c(Cl)cc(Cl)c(Cl)c2C(=O)OCCC2CCC(C)(C)C2)C1. The molecule has 2 aromatic rings. The molecule has 14 heteroatoms. The van der Waals surface area contributed by atoms with E-state index in [-0.39, 0.29) is 54.2 Å². The first-order valence-electron chi connectivity index (χ1n) is 15.5. The van der Waals surface area contributed by atoms with Gasteiger partial charge >= 0.3 is 23.9 Å². The molecule has 2 unspecified atom stereocenters. The van der Waals surface area contributed by atoms with Crippen LogP contribution in [0.2, 0.25) is 30.1 Å². The van der Waals surface area contributed by atoms with Crippen molar-refractivity contribution in [3.05, 3.63) is 53.4 Å². The summed E-state index contributed by atoms with van der Waals surface area (Å²) in [5, 5.41) is -1.45. The molecule has 0 aromatic heterocycles. The molecule has 0 heterocycles. The van der Waals surface area contributed by atoms with Crippen LogP contribution in [-0.2, 0) is 19.1 Å². The Bertz CT molecular complexity index is 1490. The monoisotopic (exact) mass is 782 g/mol. The molecule has 2 aliphatic rings. The highest BCUT2D eigenvalue weighted by atomic mass is 35.5. The van der Waals surface area contributed by atoms with Gasteiger partial charge in [-0.15, -0.1) is 0 Å². The normalized spacial score (nSPS) is 19.5. The number of carbonyl (C=O) groups is 4. The summed E-state index contributed by atoms with van der Waals surface area (Å²) in [6.07, 6.45) is 7.42. The fraction of sp³-hybridized carbons (Fsp3) is 0.529. The molecule has 0 saturated heterocycles. The molecule has 2 aliphatic carbocycles. The summed E-state index contributed by atoms with van der Waals surface area (Å²) in [5.41, 5.74) is -0.456. The largest absolute Gasteiger partial charge is 0.462 e. The average Bonchev–Trinajstić information content (AvgIpc) is 3.53. The minimum absolute atomic E-state index is 0.0722. The van der Waals surface area contributed by atoms with Crippen molar-refractivity contribution < 1.29 is 38.1 Å². The van der Waals surface area contributed by atoms with Crippen molar-refractivity contribution in [3.63, 3.8) is 0 Å². The highest BCUT2D eigenvalue weighted by Crippen LogP contribution is 2.45. The van der Waals surface area contributed by atoms with Crippen molar-refractivity contribution in [2.75, 3.05) is 13.2 Å². The lowest BCUT2D eigenvalue weighted by atomic mass is 9.90. The molecule has 8 nitrogen and oxygen atoms in total. The second-order valence-corrected chi connectivity index (χ2v) is 16.3. The summed E-state index contributed by atoms with van der Waals surface area (Å²) in [4.78, 5) is 52.3. The van der Waals surface area contributed by atoms with Gasteiger partial charge in [0, 0.05) is 0 Å². The smallest absolute Gasteiger partial charge is 0.423 e. The van der Waals surface area contributed by atoms with Crippen molar-refractivity contribution in [1.82, 2.24) is 0 Å². The maximum Gasteiger partial charge on any atom is 0.423 e. The predicted octanol–water partition coefficient (Wildman–Crippen LogP) is 10.9. The molecule has 0 amide bonds. The van der Waals surface area contributed by atoms with Crippen molar-refractivity contribution in [2.45, 2.75) is 79.1 Å². The number of rotatable bonds is 10.